The van der Waals surface area contributed by atoms with Gasteiger partial charge in [-0.3, -0.25) is 0 Å². The molecule has 1 atom stereocenters. The molecular weight excluding hydrogens is 241 g/mol. The molecule has 4 heteroatoms. The van der Waals surface area contributed by atoms with Crippen molar-refractivity contribution in [3.63, 3.8) is 0 Å². The fourth-order valence-corrected chi connectivity index (χ4v) is 2.98. The Morgan fingerprint density at radius 1 is 1.42 bits per heavy atom. The second kappa shape index (κ2) is 4.93. The maximum absolute atomic E-state index is 14.8. The molecule has 0 saturated carbocycles. The van der Waals surface area contributed by atoms with E-state index in [1.165, 1.54) is 0 Å². The van der Waals surface area contributed by atoms with E-state index in [-0.39, 0.29) is 0 Å². The third-order valence-corrected chi connectivity index (χ3v) is 3.94. The highest BCUT2D eigenvalue weighted by atomic mass is 19.1. The molecule has 19 heavy (non-hydrogen) atoms. The van der Waals surface area contributed by atoms with Crippen LogP contribution in [0.2, 0.25) is 0 Å². The summed E-state index contributed by atoms with van der Waals surface area (Å²) in [5.74, 6) is 0.870. The summed E-state index contributed by atoms with van der Waals surface area (Å²) in [4.78, 5) is 4.62. The highest BCUT2D eigenvalue weighted by Crippen LogP contribution is 2.27. The number of para-hydroxylation sites is 2. The number of aromatic nitrogens is 2. The van der Waals surface area contributed by atoms with Crippen LogP contribution < -0.4 is 5.32 Å². The van der Waals surface area contributed by atoms with Gasteiger partial charge in [0.2, 0.25) is 0 Å². The smallest absolute Gasteiger partial charge is 0.130 e. The number of hydrogen-bond acceptors (Lipinski definition) is 2. The molecule has 1 saturated heterocycles. The molecule has 1 aliphatic rings. The number of nitrogens with zero attached hydrogens (tertiary/aromatic N) is 2. The lowest BCUT2D eigenvalue weighted by Crippen LogP contribution is -2.44. The molecule has 2 aromatic rings. The summed E-state index contributed by atoms with van der Waals surface area (Å²) >= 11 is 0. The molecule has 102 valence electrons. The molecule has 3 rings (SSSR count). The lowest BCUT2D eigenvalue weighted by Gasteiger charge is -2.29. The maximum Gasteiger partial charge on any atom is 0.130 e. The number of nitrogens with one attached hydrogen (secondary N) is 1. The Morgan fingerprint density at radius 2 is 2.26 bits per heavy atom. The van der Waals surface area contributed by atoms with Crippen LogP contribution in [0.4, 0.5) is 4.39 Å². The average molecular weight is 261 g/mol. The summed E-state index contributed by atoms with van der Waals surface area (Å²) in [7, 11) is 0. The topological polar surface area (TPSA) is 29.9 Å². The molecule has 0 amide bonds. The molecule has 3 nitrogen and oxygen atoms in total. The van der Waals surface area contributed by atoms with Crippen molar-refractivity contribution >= 4 is 11.0 Å². The van der Waals surface area contributed by atoms with Gasteiger partial charge in [0.1, 0.15) is 11.5 Å². The van der Waals surface area contributed by atoms with Gasteiger partial charge in [-0.2, -0.15) is 0 Å². The minimum Gasteiger partial charge on any atom is -0.328 e. The van der Waals surface area contributed by atoms with Gasteiger partial charge in [0.15, 0.2) is 0 Å². The molecule has 1 aromatic heterocycles. The number of benzene rings is 1. The molecular formula is C15H20FN3. The van der Waals surface area contributed by atoms with Gasteiger partial charge in [-0.15, -0.1) is 0 Å². The van der Waals surface area contributed by atoms with Crippen molar-refractivity contribution in [1.29, 1.82) is 0 Å². The van der Waals surface area contributed by atoms with Gasteiger partial charge in [-0.1, -0.05) is 12.1 Å². The molecule has 1 unspecified atom stereocenters. The fraction of sp³-hybridized carbons (Fsp3) is 0.533. The van der Waals surface area contributed by atoms with Gasteiger partial charge < -0.3 is 9.88 Å². The summed E-state index contributed by atoms with van der Waals surface area (Å²) in [6.07, 6.45) is 1.94. The molecule has 0 aliphatic carbocycles. The zero-order valence-electron chi connectivity index (χ0n) is 11.3. The van der Waals surface area contributed by atoms with Crippen molar-refractivity contribution in [2.75, 3.05) is 13.1 Å². The third-order valence-electron chi connectivity index (χ3n) is 3.94. The Bertz CT molecular complexity index is 570. The van der Waals surface area contributed by atoms with Crippen LogP contribution >= 0.6 is 0 Å². The number of halogens is 1. The van der Waals surface area contributed by atoms with Gasteiger partial charge in [-0.25, -0.2) is 9.37 Å². The molecule has 1 aliphatic heterocycles. The van der Waals surface area contributed by atoms with Crippen molar-refractivity contribution in [2.24, 2.45) is 0 Å². The second-order valence-corrected chi connectivity index (χ2v) is 5.37. The van der Waals surface area contributed by atoms with Crippen LogP contribution in [-0.4, -0.2) is 28.3 Å². The number of aryl methyl sites for hydroxylation is 1. The first-order valence-corrected chi connectivity index (χ1v) is 7.06. The SMILES string of the molecule is CCn1c(CC2(F)CCCNC2)nc2ccccc21. The normalized spacial score (nSPS) is 23.9. The van der Waals surface area contributed by atoms with Crippen LogP contribution in [0, 0.1) is 0 Å². The number of piperidine rings is 1. The highest BCUT2D eigenvalue weighted by molar-refractivity contribution is 5.75. The first-order valence-electron chi connectivity index (χ1n) is 7.06. The zero-order valence-corrected chi connectivity index (χ0v) is 11.3. The predicted molar refractivity (Wildman–Crippen MR) is 75.1 cm³/mol. The van der Waals surface area contributed by atoms with Gasteiger partial charge in [-0.05, 0) is 38.4 Å². The minimum atomic E-state index is -1.15. The van der Waals surface area contributed by atoms with Crippen LogP contribution in [0.5, 0.6) is 0 Å². The average Bonchev–Trinajstić information content (AvgIpc) is 2.75. The van der Waals surface area contributed by atoms with E-state index in [4.69, 9.17) is 0 Å². The first kappa shape index (κ1) is 12.6. The van der Waals surface area contributed by atoms with E-state index < -0.39 is 5.67 Å². The molecule has 1 N–H and O–H groups in total. The Morgan fingerprint density at radius 3 is 3.00 bits per heavy atom. The Labute approximate surface area is 112 Å². The highest BCUT2D eigenvalue weighted by Gasteiger charge is 2.33. The van der Waals surface area contributed by atoms with Crippen molar-refractivity contribution in [3.8, 4) is 0 Å². The number of fused-ring (bicyclic) bond motifs is 1. The van der Waals surface area contributed by atoms with E-state index in [1.54, 1.807) is 0 Å². The molecule has 0 bridgehead atoms. The van der Waals surface area contributed by atoms with E-state index in [2.05, 4.69) is 27.9 Å². The maximum atomic E-state index is 14.8. The predicted octanol–water partition coefficient (Wildman–Crippen LogP) is 2.69. The minimum absolute atomic E-state index is 0.405. The molecule has 0 spiro atoms. The van der Waals surface area contributed by atoms with Gasteiger partial charge in [0, 0.05) is 19.5 Å². The third kappa shape index (κ3) is 2.37. The summed E-state index contributed by atoms with van der Waals surface area (Å²) in [5, 5.41) is 3.15. The van der Waals surface area contributed by atoms with E-state index in [9.17, 15) is 4.39 Å². The second-order valence-electron chi connectivity index (χ2n) is 5.37. The van der Waals surface area contributed by atoms with E-state index in [0.29, 0.717) is 19.4 Å². The number of hydrogen-bond donors (Lipinski definition) is 1. The first-order chi connectivity index (χ1) is 9.22. The quantitative estimate of drug-likeness (QED) is 0.920. The van der Waals surface area contributed by atoms with Crippen molar-refractivity contribution < 1.29 is 4.39 Å². The summed E-state index contributed by atoms with van der Waals surface area (Å²) in [6.45, 7) is 4.29. The summed E-state index contributed by atoms with van der Waals surface area (Å²) < 4.78 is 16.9. The van der Waals surface area contributed by atoms with Crippen LogP contribution in [0.3, 0.4) is 0 Å². The van der Waals surface area contributed by atoms with E-state index in [1.807, 2.05) is 18.2 Å². The fourth-order valence-electron chi connectivity index (χ4n) is 2.98. The summed E-state index contributed by atoms with van der Waals surface area (Å²) in [6, 6.07) is 8.04. The van der Waals surface area contributed by atoms with Crippen LogP contribution in [0.25, 0.3) is 11.0 Å². The monoisotopic (exact) mass is 261 g/mol. The lowest BCUT2D eigenvalue weighted by atomic mass is 9.92. The summed E-state index contributed by atoms with van der Waals surface area (Å²) in [5.41, 5.74) is 0.922. The van der Waals surface area contributed by atoms with Gasteiger partial charge in [0.05, 0.1) is 11.0 Å². The van der Waals surface area contributed by atoms with Gasteiger partial charge in [0.25, 0.3) is 0 Å². The lowest BCUT2D eigenvalue weighted by molar-refractivity contribution is 0.119. The van der Waals surface area contributed by atoms with E-state index >= 15 is 0 Å². The molecule has 0 radical (unpaired) electrons. The number of rotatable bonds is 3. The molecule has 2 heterocycles. The Balaban J connectivity index is 1.95. The van der Waals surface area contributed by atoms with E-state index in [0.717, 1.165) is 36.4 Å². The Kier molecular flexibility index (Phi) is 3.27. The Hall–Kier alpha value is -1.42. The van der Waals surface area contributed by atoms with Crippen molar-refractivity contribution in [3.05, 3.63) is 30.1 Å². The number of imidazole rings is 1. The van der Waals surface area contributed by atoms with Crippen molar-refractivity contribution in [1.82, 2.24) is 14.9 Å². The van der Waals surface area contributed by atoms with Crippen LogP contribution in [-0.2, 0) is 13.0 Å². The van der Waals surface area contributed by atoms with Crippen molar-refractivity contribution in [2.45, 2.75) is 38.4 Å². The zero-order chi connectivity index (χ0) is 13.3. The molecule has 1 fully saturated rings. The van der Waals surface area contributed by atoms with Gasteiger partial charge >= 0.3 is 0 Å². The number of alkyl halides is 1. The largest absolute Gasteiger partial charge is 0.328 e. The standard InChI is InChI=1S/C15H20FN3/c1-2-19-13-7-4-3-6-12(13)18-14(19)10-15(16)8-5-9-17-11-15/h3-4,6-7,17H,2,5,8-11H2,1H3. The van der Waals surface area contributed by atoms with Crippen LogP contribution in [0.1, 0.15) is 25.6 Å². The van der Waals surface area contributed by atoms with Crippen LogP contribution in [0.15, 0.2) is 24.3 Å². The molecule has 1 aromatic carbocycles.